The standard InChI is InChI=1S/C29H28N2O10/c1-15(2)41-29(40)31-20(9-18-12-23(34)26(37)24(35)13-18)27(38)30(14-16-6-4-3-5-7-16)19(28(31)39)8-17-10-21(32)25(36)22(33)11-17/h3-8,10-13,15,20,32-37H,9,14H2,1-2H3/b19-8-. The third kappa shape index (κ3) is 5.96. The number of ether oxygens (including phenoxy) is 1. The van der Waals surface area contributed by atoms with Crippen LogP contribution < -0.4 is 0 Å². The van der Waals surface area contributed by atoms with E-state index in [0.29, 0.717) is 10.5 Å². The molecule has 41 heavy (non-hydrogen) atoms. The molecule has 0 radical (unpaired) electrons. The van der Waals surface area contributed by atoms with E-state index in [1.165, 1.54) is 6.08 Å². The molecule has 1 unspecified atom stereocenters. The van der Waals surface area contributed by atoms with Crippen molar-refractivity contribution >= 4 is 24.0 Å². The van der Waals surface area contributed by atoms with E-state index in [4.69, 9.17) is 4.74 Å². The van der Waals surface area contributed by atoms with Crippen LogP contribution in [0.2, 0.25) is 0 Å². The van der Waals surface area contributed by atoms with Crippen molar-refractivity contribution in [2.24, 2.45) is 0 Å². The molecule has 12 nitrogen and oxygen atoms in total. The summed E-state index contributed by atoms with van der Waals surface area (Å²) in [5.41, 5.74) is 0.507. The highest BCUT2D eigenvalue weighted by Gasteiger charge is 2.47. The van der Waals surface area contributed by atoms with Crippen LogP contribution in [0, 0.1) is 0 Å². The number of phenols is 6. The van der Waals surface area contributed by atoms with Crippen LogP contribution in [0.1, 0.15) is 30.5 Å². The summed E-state index contributed by atoms with van der Waals surface area (Å²) in [6.45, 7) is 3.00. The summed E-state index contributed by atoms with van der Waals surface area (Å²) < 4.78 is 5.27. The van der Waals surface area contributed by atoms with Gasteiger partial charge in [-0.25, -0.2) is 9.69 Å². The van der Waals surface area contributed by atoms with Gasteiger partial charge in [-0.2, -0.15) is 0 Å². The van der Waals surface area contributed by atoms with E-state index in [9.17, 15) is 45.0 Å². The smallest absolute Gasteiger partial charge is 0.417 e. The Morgan fingerprint density at radius 1 is 0.854 bits per heavy atom. The van der Waals surface area contributed by atoms with E-state index in [-0.39, 0.29) is 29.8 Å². The predicted octanol–water partition coefficient (Wildman–Crippen LogP) is 3.29. The zero-order chi connectivity index (χ0) is 30.0. The minimum atomic E-state index is -1.49. The van der Waals surface area contributed by atoms with E-state index in [1.807, 2.05) is 0 Å². The van der Waals surface area contributed by atoms with Crippen molar-refractivity contribution in [3.63, 3.8) is 0 Å². The van der Waals surface area contributed by atoms with Crippen LogP contribution in [0.3, 0.4) is 0 Å². The molecule has 214 valence electrons. The van der Waals surface area contributed by atoms with Crippen LogP contribution >= 0.6 is 0 Å². The van der Waals surface area contributed by atoms with Gasteiger partial charge in [-0.15, -0.1) is 0 Å². The molecule has 1 fully saturated rings. The molecule has 6 N–H and O–H groups in total. The molecule has 3 aromatic carbocycles. The van der Waals surface area contributed by atoms with Crippen LogP contribution in [-0.2, 0) is 27.3 Å². The Morgan fingerprint density at radius 3 is 1.93 bits per heavy atom. The van der Waals surface area contributed by atoms with Crippen molar-refractivity contribution in [2.45, 2.75) is 39.0 Å². The van der Waals surface area contributed by atoms with Crippen LogP contribution in [0.15, 0.2) is 60.3 Å². The van der Waals surface area contributed by atoms with Gasteiger partial charge in [0, 0.05) is 6.42 Å². The summed E-state index contributed by atoms with van der Waals surface area (Å²) in [6, 6.07) is 11.5. The fraction of sp³-hybridized carbons (Fsp3) is 0.207. The number of piperazine rings is 1. The number of phenolic OH excluding ortho intramolecular Hbond substituents is 6. The zero-order valence-corrected chi connectivity index (χ0v) is 22.1. The first kappa shape index (κ1) is 28.6. The quantitative estimate of drug-likeness (QED) is 0.191. The topological polar surface area (TPSA) is 188 Å². The van der Waals surface area contributed by atoms with Gasteiger partial charge in [-0.3, -0.25) is 9.59 Å². The Morgan fingerprint density at radius 2 is 1.39 bits per heavy atom. The highest BCUT2D eigenvalue weighted by atomic mass is 16.6. The third-order valence-corrected chi connectivity index (χ3v) is 6.26. The Balaban J connectivity index is 1.87. The van der Waals surface area contributed by atoms with Gasteiger partial charge in [0.1, 0.15) is 11.7 Å². The number of carbonyl (C=O) groups excluding carboxylic acids is 3. The Kier molecular flexibility index (Phi) is 7.94. The van der Waals surface area contributed by atoms with Gasteiger partial charge in [0.05, 0.1) is 12.6 Å². The van der Waals surface area contributed by atoms with Gasteiger partial charge >= 0.3 is 6.09 Å². The van der Waals surface area contributed by atoms with Crippen LogP contribution in [0.5, 0.6) is 34.5 Å². The van der Waals surface area contributed by atoms with Gasteiger partial charge in [0.15, 0.2) is 34.5 Å². The van der Waals surface area contributed by atoms with Crippen molar-refractivity contribution in [2.75, 3.05) is 0 Å². The normalized spacial score (nSPS) is 16.5. The molecule has 0 aliphatic carbocycles. The van der Waals surface area contributed by atoms with Gasteiger partial charge in [-0.1, -0.05) is 30.3 Å². The second-order valence-electron chi connectivity index (χ2n) is 9.66. The Labute approximate surface area is 234 Å². The molecule has 0 aromatic heterocycles. The molecule has 3 amide bonds. The largest absolute Gasteiger partial charge is 0.504 e. The lowest BCUT2D eigenvalue weighted by atomic mass is 9.98. The van der Waals surface area contributed by atoms with E-state index < -0.39 is 64.6 Å². The van der Waals surface area contributed by atoms with Gasteiger partial charge in [-0.05, 0) is 60.9 Å². The SMILES string of the molecule is CC(C)OC(=O)N1C(=O)/C(=C/c2cc(O)c(O)c(O)c2)N(Cc2ccccc2)C(=O)C1Cc1cc(O)c(O)c(O)c1. The number of benzene rings is 3. The monoisotopic (exact) mass is 564 g/mol. The van der Waals surface area contributed by atoms with E-state index in [1.54, 1.807) is 44.2 Å². The minimum absolute atomic E-state index is 0.0380. The molecule has 3 aromatic rings. The van der Waals surface area contributed by atoms with Crippen LogP contribution in [0.4, 0.5) is 4.79 Å². The number of hydrogen-bond donors (Lipinski definition) is 6. The third-order valence-electron chi connectivity index (χ3n) is 6.26. The fourth-order valence-electron chi connectivity index (χ4n) is 4.37. The predicted molar refractivity (Wildman–Crippen MR) is 144 cm³/mol. The molecule has 0 bridgehead atoms. The number of carbonyl (C=O) groups is 3. The molecule has 1 aliphatic rings. The Hall–Kier alpha value is -5.39. The molecule has 0 saturated carbocycles. The van der Waals surface area contributed by atoms with Crippen molar-refractivity contribution in [1.82, 2.24) is 9.80 Å². The molecule has 1 atom stereocenters. The first-order valence-corrected chi connectivity index (χ1v) is 12.5. The summed E-state index contributed by atoms with van der Waals surface area (Å²) in [7, 11) is 0. The molecule has 0 spiro atoms. The van der Waals surface area contributed by atoms with Gasteiger partial charge in [0.25, 0.3) is 11.8 Å². The lowest BCUT2D eigenvalue weighted by Gasteiger charge is -2.40. The van der Waals surface area contributed by atoms with Crippen molar-refractivity contribution < 1.29 is 49.8 Å². The summed E-state index contributed by atoms with van der Waals surface area (Å²) in [5, 5.41) is 59.4. The second-order valence-corrected chi connectivity index (χ2v) is 9.66. The minimum Gasteiger partial charge on any atom is -0.504 e. The number of rotatable bonds is 6. The molecule has 1 heterocycles. The first-order valence-electron chi connectivity index (χ1n) is 12.5. The van der Waals surface area contributed by atoms with E-state index in [0.717, 1.165) is 29.2 Å². The molecular formula is C29H28N2O10. The van der Waals surface area contributed by atoms with Crippen molar-refractivity contribution in [3.8, 4) is 34.5 Å². The molecule has 1 saturated heterocycles. The van der Waals surface area contributed by atoms with Crippen molar-refractivity contribution in [3.05, 3.63) is 77.0 Å². The number of amides is 3. The summed E-state index contributed by atoms with van der Waals surface area (Å²) >= 11 is 0. The fourth-order valence-corrected chi connectivity index (χ4v) is 4.37. The second kappa shape index (κ2) is 11.4. The highest BCUT2D eigenvalue weighted by Crippen LogP contribution is 2.38. The maximum absolute atomic E-state index is 14.1. The Bertz CT molecular complexity index is 1490. The zero-order valence-electron chi connectivity index (χ0n) is 22.1. The maximum Gasteiger partial charge on any atom is 0.417 e. The molecule has 12 heteroatoms. The number of imide groups is 1. The summed E-state index contributed by atoms with van der Waals surface area (Å²) in [4.78, 5) is 43.0. The first-order chi connectivity index (χ1) is 19.4. The van der Waals surface area contributed by atoms with Crippen LogP contribution in [-0.4, -0.2) is 70.5 Å². The van der Waals surface area contributed by atoms with E-state index in [2.05, 4.69) is 0 Å². The number of aromatic hydroxyl groups is 6. The average Bonchev–Trinajstić information content (AvgIpc) is 2.90. The summed E-state index contributed by atoms with van der Waals surface area (Å²) in [5.74, 6) is -5.91. The average molecular weight is 565 g/mol. The van der Waals surface area contributed by atoms with Crippen LogP contribution in [0.25, 0.3) is 6.08 Å². The summed E-state index contributed by atoms with van der Waals surface area (Å²) in [6.07, 6.45) is -0.962. The molecule has 4 rings (SSSR count). The maximum atomic E-state index is 14.1. The van der Waals surface area contributed by atoms with Gasteiger partial charge < -0.3 is 40.3 Å². The number of nitrogens with zero attached hydrogens (tertiary/aromatic N) is 2. The number of hydrogen-bond acceptors (Lipinski definition) is 10. The lowest BCUT2D eigenvalue weighted by Crippen LogP contribution is -2.61. The highest BCUT2D eigenvalue weighted by molar-refractivity contribution is 6.13. The molecule has 1 aliphatic heterocycles. The lowest BCUT2D eigenvalue weighted by molar-refractivity contribution is -0.149. The van der Waals surface area contributed by atoms with E-state index >= 15 is 0 Å². The van der Waals surface area contributed by atoms with Gasteiger partial charge in [0.2, 0.25) is 0 Å². The molecular weight excluding hydrogens is 536 g/mol. The van der Waals surface area contributed by atoms with Crippen molar-refractivity contribution in [1.29, 1.82) is 0 Å².